The summed E-state index contributed by atoms with van der Waals surface area (Å²) in [5.41, 5.74) is 3.05. The van der Waals surface area contributed by atoms with Gasteiger partial charge in [-0.15, -0.1) is 0 Å². The van der Waals surface area contributed by atoms with E-state index in [0.717, 1.165) is 16.6 Å². The Hall–Kier alpha value is -3.41. The SMILES string of the molecule is C[C@@H](Nc1ncnc2[nH]c(-c3ccc(O)cc3)cc12)c1ccccc1F. The van der Waals surface area contributed by atoms with Gasteiger partial charge in [-0.2, -0.15) is 0 Å². The molecule has 0 amide bonds. The minimum atomic E-state index is -0.253. The first-order valence-electron chi connectivity index (χ1n) is 8.26. The number of phenolic OH excluding ortho intramolecular Hbond substituents is 1. The van der Waals surface area contributed by atoms with Gasteiger partial charge in [-0.3, -0.25) is 0 Å². The minimum absolute atomic E-state index is 0.214. The first-order chi connectivity index (χ1) is 12.6. The molecule has 3 N–H and O–H groups in total. The maximum absolute atomic E-state index is 14.0. The van der Waals surface area contributed by atoms with E-state index < -0.39 is 0 Å². The normalized spacial score (nSPS) is 12.2. The summed E-state index contributed by atoms with van der Waals surface area (Å²) in [6, 6.07) is 15.3. The maximum atomic E-state index is 14.0. The molecule has 5 nitrogen and oxygen atoms in total. The number of aromatic amines is 1. The van der Waals surface area contributed by atoms with E-state index in [2.05, 4.69) is 20.3 Å². The van der Waals surface area contributed by atoms with Crippen LogP contribution in [0.4, 0.5) is 10.2 Å². The molecule has 0 saturated heterocycles. The highest BCUT2D eigenvalue weighted by molar-refractivity contribution is 5.91. The van der Waals surface area contributed by atoms with Gasteiger partial charge in [0.15, 0.2) is 0 Å². The van der Waals surface area contributed by atoms with Crippen LogP contribution in [0, 0.1) is 5.82 Å². The molecule has 1 atom stereocenters. The highest BCUT2D eigenvalue weighted by Crippen LogP contribution is 2.29. The molecule has 26 heavy (non-hydrogen) atoms. The highest BCUT2D eigenvalue weighted by atomic mass is 19.1. The van der Waals surface area contributed by atoms with Crippen molar-refractivity contribution in [2.45, 2.75) is 13.0 Å². The lowest BCUT2D eigenvalue weighted by Gasteiger charge is -2.15. The number of H-pyrrole nitrogens is 1. The Morgan fingerprint density at radius 3 is 2.62 bits per heavy atom. The summed E-state index contributed by atoms with van der Waals surface area (Å²) < 4.78 is 14.0. The van der Waals surface area contributed by atoms with Crippen molar-refractivity contribution in [2.75, 3.05) is 5.32 Å². The predicted molar refractivity (Wildman–Crippen MR) is 99.4 cm³/mol. The lowest BCUT2D eigenvalue weighted by atomic mass is 10.1. The Morgan fingerprint density at radius 2 is 1.85 bits per heavy atom. The fraction of sp³-hybridized carbons (Fsp3) is 0.100. The zero-order valence-corrected chi connectivity index (χ0v) is 14.1. The average molecular weight is 348 g/mol. The molecule has 6 heteroatoms. The fourth-order valence-corrected chi connectivity index (χ4v) is 2.96. The molecule has 4 aromatic rings. The highest BCUT2D eigenvalue weighted by Gasteiger charge is 2.14. The Kier molecular flexibility index (Phi) is 4.01. The largest absolute Gasteiger partial charge is 0.508 e. The molecule has 0 fully saturated rings. The molecule has 130 valence electrons. The van der Waals surface area contributed by atoms with E-state index in [1.807, 2.05) is 31.2 Å². The minimum Gasteiger partial charge on any atom is -0.508 e. The topological polar surface area (TPSA) is 73.8 Å². The first kappa shape index (κ1) is 16.1. The zero-order valence-electron chi connectivity index (χ0n) is 14.1. The number of hydrogen-bond donors (Lipinski definition) is 3. The Bertz CT molecular complexity index is 1060. The number of rotatable bonds is 4. The van der Waals surface area contributed by atoms with Crippen LogP contribution in [0.15, 0.2) is 60.9 Å². The predicted octanol–water partition coefficient (Wildman–Crippen LogP) is 4.64. The molecule has 0 radical (unpaired) electrons. The van der Waals surface area contributed by atoms with Gasteiger partial charge in [0, 0.05) is 11.3 Å². The van der Waals surface area contributed by atoms with Gasteiger partial charge in [0.05, 0.1) is 11.4 Å². The van der Waals surface area contributed by atoms with Gasteiger partial charge < -0.3 is 15.4 Å². The second kappa shape index (κ2) is 6.48. The first-order valence-corrected chi connectivity index (χ1v) is 8.26. The molecule has 0 spiro atoms. The third kappa shape index (κ3) is 2.97. The van der Waals surface area contributed by atoms with Crippen molar-refractivity contribution in [3.8, 4) is 17.0 Å². The van der Waals surface area contributed by atoms with Gasteiger partial charge in [-0.25, -0.2) is 14.4 Å². The molecule has 2 aromatic heterocycles. The number of nitrogens with zero attached hydrogens (tertiary/aromatic N) is 2. The average Bonchev–Trinajstić information content (AvgIpc) is 3.08. The number of phenols is 1. The van der Waals surface area contributed by atoms with Crippen molar-refractivity contribution in [3.05, 3.63) is 72.3 Å². The second-order valence-electron chi connectivity index (χ2n) is 6.10. The molecule has 0 bridgehead atoms. The van der Waals surface area contributed by atoms with Gasteiger partial charge in [0.2, 0.25) is 0 Å². The zero-order chi connectivity index (χ0) is 18.1. The quantitative estimate of drug-likeness (QED) is 0.502. The van der Waals surface area contributed by atoms with Crippen molar-refractivity contribution >= 4 is 16.9 Å². The summed E-state index contributed by atoms with van der Waals surface area (Å²) in [4.78, 5) is 11.8. The number of fused-ring (bicyclic) bond motifs is 1. The van der Waals surface area contributed by atoms with E-state index in [0.29, 0.717) is 17.0 Å². The molecular formula is C20H17FN4O. The summed E-state index contributed by atoms with van der Waals surface area (Å²) >= 11 is 0. The van der Waals surface area contributed by atoms with E-state index >= 15 is 0 Å². The van der Waals surface area contributed by atoms with E-state index in [4.69, 9.17) is 0 Å². The van der Waals surface area contributed by atoms with E-state index in [9.17, 15) is 9.50 Å². The molecule has 0 aliphatic heterocycles. The molecule has 0 unspecified atom stereocenters. The molecule has 4 rings (SSSR count). The number of hydrogen-bond acceptors (Lipinski definition) is 4. The van der Waals surface area contributed by atoms with Gasteiger partial charge in [-0.1, -0.05) is 18.2 Å². The summed E-state index contributed by atoms with van der Waals surface area (Å²) in [6.45, 7) is 1.89. The number of aromatic hydroxyl groups is 1. The molecule has 2 heterocycles. The van der Waals surface area contributed by atoms with Crippen LogP contribution in [0.5, 0.6) is 5.75 Å². The van der Waals surface area contributed by atoms with Gasteiger partial charge >= 0.3 is 0 Å². The monoisotopic (exact) mass is 348 g/mol. The number of benzene rings is 2. The van der Waals surface area contributed by atoms with Gasteiger partial charge in [0.25, 0.3) is 0 Å². The molecule has 0 aliphatic carbocycles. The van der Waals surface area contributed by atoms with E-state index in [1.54, 1.807) is 24.3 Å². The number of halogens is 1. The number of aromatic nitrogens is 3. The smallest absolute Gasteiger partial charge is 0.143 e. The Morgan fingerprint density at radius 1 is 1.08 bits per heavy atom. The van der Waals surface area contributed by atoms with Crippen molar-refractivity contribution in [3.63, 3.8) is 0 Å². The summed E-state index contributed by atoms with van der Waals surface area (Å²) in [5, 5.41) is 13.5. The van der Waals surface area contributed by atoms with Crippen LogP contribution < -0.4 is 5.32 Å². The lowest BCUT2D eigenvalue weighted by molar-refractivity contribution is 0.475. The van der Waals surface area contributed by atoms with Crippen LogP contribution in [0.2, 0.25) is 0 Å². The van der Waals surface area contributed by atoms with Crippen LogP contribution in [0.25, 0.3) is 22.3 Å². The molecule has 0 saturated carbocycles. The van der Waals surface area contributed by atoms with Crippen LogP contribution >= 0.6 is 0 Å². The third-order valence-electron chi connectivity index (χ3n) is 4.33. The van der Waals surface area contributed by atoms with Crippen molar-refractivity contribution in [1.82, 2.24) is 15.0 Å². The Labute approximate surface area is 149 Å². The van der Waals surface area contributed by atoms with Crippen LogP contribution in [0.1, 0.15) is 18.5 Å². The summed E-state index contributed by atoms with van der Waals surface area (Å²) in [7, 11) is 0. The van der Waals surface area contributed by atoms with Gasteiger partial charge in [-0.05, 0) is 48.9 Å². The molecule has 0 aliphatic rings. The fourth-order valence-electron chi connectivity index (χ4n) is 2.96. The van der Waals surface area contributed by atoms with Crippen LogP contribution in [0.3, 0.4) is 0 Å². The third-order valence-corrected chi connectivity index (χ3v) is 4.33. The van der Waals surface area contributed by atoms with Crippen LogP contribution in [-0.4, -0.2) is 20.1 Å². The molecular weight excluding hydrogens is 331 g/mol. The van der Waals surface area contributed by atoms with Crippen molar-refractivity contribution in [1.29, 1.82) is 0 Å². The summed E-state index contributed by atoms with van der Waals surface area (Å²) in [5.74, 6) is 0.592. The maximum Gasteiger partial charge on any atom is 0.143 e. The molecule has 2 aromatic carbocycles. The standard InChI is InChI=1S/C20H17FN4O/c1-12(15-4-2-3-5-17(15)21)24-19-16-10-18(25-20(16)23-11-22-19)13-6-8-14(26)9-7-13/h2-12,26H,1H3,(H2,22,23,24,25)/t12-/m1/s1. The van der Waals surface area contributed by atoms with Crippen LogP contribution in [-0.2, 0) is 0 Å². The van der Waals surface area contributed by atoms with E-state index in [1.165, 1.54) is 12.4 Å². The van der Waals surface area contributed by atoms with Gasteiger partial charge in [0.1, 0.15) is 29.4 Å². The van der Waals surface area contributed by atoms with Crippen molar-refractivity contribution in [2.24, 2.45) is 0 Å². The number of nitrogens with one attached hydrogen (secondary N) is 2. The summed E-state index contributed by atoms with van der Waals surface area (Å²) in [6.07, 6.45) is 1.47. The van der Waals surface area contributed by atoms with Crippen molar-refractivity contribution < 1.29 is 9.50 Å². The second-order valence-corrected chi connectivity index (χ2v) is 6.10. The Balaban J connectivity index is 1.70. The van der Waals surface area contributed by atoms with E-state index in [-0.39, 0.29) is 17.6 Å². The number of anilines is 1. The lowest BCUT2D eigenvalue weighted by Crippen LogP contribution is -2.10.